The highest BCUT2D eigenvalue weighted by Crippen LogP contribution is 2.26. The lowest BCUT2D eigenvalue weighted by Crippen LogP contribution is -2.37. The first-order valence-corrected chi connectivity index (χ1v) is 9.87. The van der Waals surface area contributed by atoms with E-state index in [1.54, 1.807) is 6.20 Å². The van der Waals surface area contributed by atoms with Crippen LogP contribution in [0, 0.1) is 0 Å². The minimum Gasteiger partial charge on any atom is -0.378 e. The molecule has 7 nitrogen and oxygen atoms in total. The van der Waals surface area contributed by atoms with Crippen molar-refractivity contribution in [1.29, 1.82) is 0 Å². The van der Waals surface area contributed by atoms with Crippen LogP contribution in [0.2, 0.25) is 0 Å². The van der Waals surface area contributed by atoms with Gasteiger partial charge in [-0.1, -0.05) is 30.4 Å². The van der Waals surface area contributed by atoms with Gasteiger partial charge in [-0.2, -0.15) is 15.0 Å². The number of rotatable bonds is 5. The maximum atomic E-state index is 5.48. The molecule has 2 aromatic heterocycles. The lowest BCUT2D eigenvalue weighted by molar-refractivity contribution is 0.122. The Labute approximate surface area is 169 Å². The molecule has 3 aromatic rings. The van der Waals surface area contributed by atoms with Crippen molar-refractivity contribution < 1.29 is 4.74 Å². The summed E-state index contributed by atoms with van der Waals surface area (Å²) >= 11 is 0. The van der Waals surface area contributed by atoms with Crippen LogP contribution in [-0.4, -0.2) is 46.2 Å². The Morgan fingerprint density at radius 2 is 1.97 bits per heavy atom. The molecule has 0 unspecified atom stereocenters. The lowest BCUT2D eigenvalue weighted by atomic mass is 10.1. The number of benzene rings is 1. The first-order valence-electron chi connectivity index (χ1n) is 9.87. The molecule has 0 bridgehead atoms. The van der Waals surface area contributed by atoms with Crippen molar-refractivity contribution in [3.63, 3.8) is 0 Å². The molecule has 0 saturated carbocycles. The van der Waals surface area contributed by atoms with Gasteiger partial charge in [0.25, 0.3) is 0 Å². The van der Waals surface area contributed by atoms with E-state index in [1.165, 1.54) is 11.1 Å². The monoisotopic (exact) mass is 386 g/mol. The highest BCUT2D eigenvalue weighted by Gasteiger charge is 2.18. The van der Waals surface area contributed by atoms with Crippen LogP contribution < -0.4 is 10.2 Å². The number of fused-ring (bicyclic) bond motifs is 1. The van der Waals surface area contributed by atoms with Crippen molar-refractivity contribution in [2.24, 2.45) is 0 Å². The Morgan fingerprint density at radius 3 is 2.83 bits per heavy atom. The Hall–Kier alpha value is -3.32. The summed E-state index contributed by atoms with van der Waals surface area (Å²) in [5.74, 6) is 1.92. The maximum Gasteiger partial charge on any atom is 0.230 e. The van der Waals surface area contributed by atoms with E-state index >= 15 is 0 Å². The number of pyridine rings is 1. The number of morpholine rings is 1. The highest BCUT2D eigenvalue weighted by atomic mass is 16.5. The minimum absolute atomic E-state index is 0.556. The Bertz CT molecular complexity index is 1030. The summed E-state index contributed by atoms with van der Waals surface area (Å²) in [5, 5.41) is 3.31. The summed E-state index contributed by atoms with van der Waals surface area (Å²) in [6.45, 7) is 3.47. The third-order valence-electron chi connectivity index (χ3n) is 5.11. The molecule has 5 rings (SSSR count). The SMILES string of the molecule is C1=Cc2ccc(-c3nc(NCc4ccccn4)nc(N4CCOCC4)n3)cc2C1. The van der Waals surface area contributed by atoms with Gasteiger partial charge in [0.15, 0.2) is 5.82 Å². The van der Waals surface area contributed by atoms with Gasteiger partial charge in [-0.05, 0) is 35.7 Å². The number of nitrogens with one attached hydrogen (secondary N) is 1. The fourth-order valence-electron chi connectivity index (χ4n) is 3.55. The molecule has 1 aliphatic heterocycles. The number of anilines is 2. The molecular weight excluding hydrogens is 364 g/mol. The van der Waals surface area contributed by atoms with Crippen LogP contribution in [0.3, 0.4) is 0 Å². The van der Waals surface area contributed by atoms with Gasteiger partial charge in [-0.3, -0.25) is 4.98 Å². The summed E-state index contributed by atoms with van der Waals surface area (Å²) in [5.41, 5.74) is 4.51. The number of ether oxygens (including phenoxy) is 1. The standard InChI is InChI=1S/C22H22N6O/c1-2-9-23-19(6-1)15-24-21-25-20(18-8-7-16-4-3-5-17(16)14-18)26-22(27-21)28-10-12-29-13-11-28/h1-4,6-9,14H,5,10-13,15H2,(H,24,25,26,27). The normalized spacial score (nSPS) is 15.4. The van der Waals surface area contributed by atoms with Gasteiger partial charge in [-0.25, -0.2) is 0 Å². The second-order valence-corrected chi connectivity index (χ2v) is 7.08. The predicted octanol–water partition coefficient (Wildman–Crippen LogP) is 2.95. The number of aromatic nitrogens is 4. The van der Waals surface area contributed by atoms with E-state index in [9.17, 15) is 0 Å². The van der Waals surface area contributed by atoms with Crippen LogP contribution in [0.25, 0.3) is 17.5 Å². The third-order valence-corrected chi connectivity index (χ3v) is 5.11. The molecule has 7 heteroatoms. The summed E-state index contributed by atoms with van der Waals surface area (Å²) in [6.07, 6.45) is 7.08. The number of nitrogens with zero attached hydrogens (tertiary/aromatic N) is 5. The smallest absolute Gasteiger partial charge is 0.230 e. The average Bonchev–Trinajstić information content (AvgIpc) is 3.27. The van der Waals surface area contributed by atoms with Crippen LogP contribution >= 0.6 is 0 Å². The Kier molecular flexibility index (Phi) is 4.88. The van der Waals surface area contributed by atoms with Gasteiger partial charge in [0, 0.05) is 24.8 Å². The van der Waals surface area contributed by atoms with Crippen molar-refractivity contribution in [3.05, 3.63) is 65.5 Å². The fraction of sp³-hybridized carbons (Fsp3) is 0.273. The van der Waals surface area contributed by atoms with Crippen LogP contribution in [0.5, 0.6) is 0 Å². The summed E-state index contributed by atoms with van der Waals surface area (Å²) in [7, 11) is 0. The van der Waals surface area contributed by atoms with Gasteiger partial charge >= 0.3 is 0 Å². The van der Waals surface area contributed by atoms with Crippen molar-refractivity contribution in [2.45, 2.75) is 13.0 Å². The van der Waals surface area contributed by atoms with E-state index in [0.717, 1.165) is 30.8 Å². The quantitative estimate of drug-likeness (QED) is 0.722. The molecule has 0 radical (unpaired) electrons. The molecule has 29 heavy (non-hydrogen) atoms. The number of hydrogen-bond acceptors (Lipinski definition) is 7. The van der Waals surface area contributed by atoms with Crippen LogP contribution in [0.1, 0.15) is 16.8 Å². The van der Waals surface area contributed by atoms with Crippen molar-refractivity contribution in [1.82, 2.24) is 19.9 Å². The topological polar surface area (TPSA) is 76.1 Å². The summed E-state index contributed by atoms with van der Waals surface area (Å²) < 4.78 is 5.48. The molecule has 1 N–H and O–H groups in total. The molecule has 1 fully saturated rings. The van der Waals surface area contributed by atoms with Gasteiger partial charge in [0.1, 0.15) is 0 Å². The van der Waals surface area contributed by atoms with Gasteiger partial charge in [0.05, 0.1) is 25.5 Å². The van der Waals surface area contributed by atoms with Gasteiger partial charge in [-0.15, -0.1) is 0 Å². The molecule has 0 spiro atoms. The van der Waals surface area contributed by atoms with Crippen molar-refractivity contribution in [2.75, 3.05) is 36.5 Å². The van der Waals surface area contributed by atoms with Crippen molar-refractivity contribution in [3.8, 4) is 11.4 Å². The molecule has 0 atom stereocenters. The second kappa shape index (κ2) is 7.97. The summed E-state index contributed by atoms with van der Waals surface area (Å²) in [6, 6.07) is 12.2. The number of hydrogen-bond donors (Lipinski definition) is 1. The van der Waals surface area contributed by atoms with Crippen molar-refractivity contribution >= 4 is 18.0 Å². The van der Waals surface area contributed by atoms with Crippen LogP contribution in [0.15, 0.2) is 48.7 Å². The molecule has 1 aromatic carbocycles. The van der Waals surface area contributed by atoms with E-state index < -0.39 is 0 Å². The Morgan fingerprint density at radius 1 is 1.03 bits per heavy atom. The maximum absolute atomic E-state index is 5.48. The van der Waals surface area contributed by atoms with Gasteiger partial charge in [0.2, 0.25) is 11.9 Å². The fourth-order valence-corrected chi connectivity index (χ4v) is 3.55. The molecule has 2 aliphatic rings. The van der Waals surface area contributed by atoms with Crippen LogP contribution in [0.4, 0.5) is 11.9 Å². The van der Waals surface area contributed by atoms with E-state index in [2.05, 4.69) is 50.5 Å². The molecule has 3 heterocycles. The molecular formula is C22H22N6O. The zero-order chi connectivity index (χ0) is 19.5. The third kappa shape index (κ3) is 3.95. The van der Waals surface area contributed by atoms with E-state index in [1.807, 2.05) is 18.2 Å². The first kappa shape index (κ1) is 17.8. The average molecular weight is 386 g/mol. The van der Waals surface area contributed by atoms with E-state index in [0.29, 0.717) is 37.5 Å². The molecule has 0 amide bonds. The van der Waals surface area contributed by atoms with Crippen LogP contribution in [-0.2, 0) is 17.7 Å². The zero-order valence-electron chi connectivity index (χ0n) is 16.1. The molecule has 146 valence electrons. The minimum atomic E-state index is 0.556. The van der Waals surface area contributed by atoms with E-state index in [4.69, 9.17) is 14.7 Å². The number of allylic oxidation sites excluding steroid dienone is 1. The zero-order valence-corrected chi connectivity index (χ0v) is 16.1. The second-order valence-electron chi connectivity index (χ2n) is 7.08. The molecule has 1 saturated heterocycles. The van der Waals surface area contributed by atoms with Gasteiger partial charge < -0.3 is 15.0 Å². The predicted molar refractivity (Wildman–Crippen MR) is 113 cm³/mol. The summed E-state index contributed by atoms with van der Waals surface area (Å²) in [4.78, 5) is 20.7. The lowest BCUT2D eigenvalue weighted by Gasteiger charge is -2.27. The largest absolute Gasteiger partial charge is 0.378 e. The molecule has 1 aliphatic carbocycles. The van der Waals surface area contributed by atoms with E-state index in [-0.39, 0.29) is 0 Å². The highest BCUT2D eigenvalue weighted by molar-refractivity contribution is 5.67. The Balaban J connectivity index is 1.47. The first-order chi connectivity index (χ1) is 14.3.